The largest absolute Gasteiger partial charge is 0.506 e. The van der Waals surface area contributed by atoms with Crippen LogP contribution >= 0.6 is 0 Å². The lowest BCUT2D eigenvalue weighted by Gasteiger charge is -2.11. The molecule has 7 rings (SSSR count). The SMILES string of the molecule is COc1ccnc(-n2c3ccccc3c3ccc(Oc4ccc5c(n4)c(O)cc4ccccc45)cc32)c1. The van der Waals surface area contributed by atoms with E-state index in [2.05, 4.69) is 32.7 Å². The first-order chi connectivity index (χ1) is 18.2. The van der Waals surface area contributed by atoms with Crippen molar-refractivity contribution in [3.05, 3.63) is 103 Å². The molecule has 0 aliphatic carbocycles. The third-order valence-electron chi connectivity index (χ3n) is 6.70. The molecule has 178 valence electrons. The van der Waals surface area contributed by atoms with Crippen LogP contribution in [0, 0.1) is 0 Å². The van der Waals surface area contributed by atoms with Crippen molar-refractivity contribution in [1.29, 1.82) is 0 Å². The molecule has 3 aromatic heterocycles. The van der Waals surface area contributed by atoms with Gasteiger partial charge in [0.2, 0.25) is 5.88 Å². The minimum absolute atomic E-state index is 0.124. The van der Waals surface area contributed by atoms with Gasteiger partial charge in [-0.25, -0.2) is 9.97 Å². The summed E-state index contributed by atoms with van der Waals surface area (Å²) in [6, 6.07) is 31.4. The molecule has 0 saturated carbocycles. The summed E-state index contributed by atoms with van der Waals surface area (Å²) in [6.07, 6.45) is 1.74. The number of aromatic hydroxyl groups is 1. The van der Waals surface area contributed by atoms with Gasteiger partial charge in [0.25, 0.3) is 0 Å². The van der Waals surface area contributed by atoms with E-state index in [1.165, 1.54) is 0 Å². The van der Waals surface area contributed by atoms with E-state index in [1.54, 1.807) is 19.4 Å². The van der Waals surface area contributed by atoms with E-state index >= 15 is 0 Å². The number of ether oxygens (including phenoxy) is 2. The van der Waals surface area contributed by atoms with Gasteiger partial charge in [-0.15, -0.1) is 0 Å². The maximum Gasteiger partial charge on any atom is 0.219 e. The Morgan fingerprint density at radius 1 is 0.703 bits per heavy atom. The van der Waals surface area contributed by atoms with Crippen LogP contribution < -0.4 is 9.47 Å². The molecule has 37 heavy (non-hydrogen) atoms. The molecule has 6 heteroatoms. The zero-order valence-electron chi connectivity index (χ0n) is 19.9. The van der Waals surface area contributed by atoms with Crippen molar-refractivity contribution >= 4 is 43.5 Å². The summed E-state index contributed by atoms with van der Waals surface area (Å²) in [4.78, 5) is 9.25. The number of fused-ring (bicyclic) bond motifs is 6. The predicted octanol–water partition coefficient (Wildman–Crippen LogP) is 7.39. The highest BCUT2D eigenvalue weighted by Crippen LogP contribution is 2.37. The van der Waals surface area contributed by atoms with Gasteiger partial charge < -0.3 is 14.6 Å². The van der Waals surface area contributed by atoms with E-state index in [9.17, 15) is 5.11 Å². The van der Waals surface area contributed by atoms with E-state index in [4.69, 9.17) is 9.47 Å². The van der Waals surface area contributed by atoms with Crippen molar-refractivity contribution in [1.82, 2.24) is 14.5 Å². The molecule has 0 radical (unpaired) electrons. The predicted molar refractivity (Wildman–Crippen MR) is 146 cm³/mol. The lowest BCUT2D eigenvalue weighted by atomic mass is 10.0. The Hall–Kier alpha value is -5.10. The van der Waals surface area contributed by atoms with E-state index < -0.39 is 0 Å². The highest BCUT2D eigenvalue weighted by molar-refractivity contribution is 6.10. The number of phenolic OH excluding ortho intramolecular Hbond substituents is 1. The van der Waals surface area contributed by atoms with Crippen molar-refractivity contribution in [2.75, 3.05) is 7.11 Å². The van der Waals surface area contributed by atoms with Gasteiger partial charge in [-0.1, -0.05) is 42.5 Å². The summed E-state index contributed by atoms with van der Waals surface area (Å²) < 4.78 is 13.8. The van der Waals surface area contributed by atoms with Gasteiger partial charge in [-0.2, -0.15) is 0 Å². The Balaban J connectivity index is 1.37. The summed E-state index contributed by atoms with van der Waals surface area (Å²) in [6.45, 7) is 0. The van der Waals surface area contributed by atoms with E-state index in [0.717, 1.165) is 49.5 Å². The fourth-order valence-corrected chi connectivity index (χ4v) is 5.02. The van der Waals surface area contributed by atoms with Crippen LogP contribution in [0.3, 0.4) is 0 Å². The van der Waals surface area contributed by atoms with Gasteiger partial charge in [-0.05, 0) is 47.2 Å². The van der Waals surface area contributed by atoms with Gasteiger partial charge >= 0.3 is 0 Å². The molecule has 0 spiro atoms. The molecular weight excluding hydrogens is 462 g/mol. The number of rotatable bonds is 4. The first-order valence-corrected chi connectivity index (χ1v) is 11.9. The second kappa shape index (κ2) is 8.24. The summed E-state index contributed by atoms with van der Waals surface area (Å²) in [5.74, 6) is 2.64. The van der Waals surface area contributed by atoms with Crippen LogP contribution in [0.1, 0.15) is 0 Å². The molecule has 3 heterocycles. The molecule has 6 nitrogen and oxygen atoms in total. The van der Waals surface area contributed by atoms with Gasteiger partial charge in [0.05, 0.1) is 18.1 Å². The van der Waals surface area contributed by atoms with Gasteiger partial charge in [0, 0.05) is 40.6 Å². The summed E-state index contributed by atoms with van der Waals surface area (Å²) in [5.41, 5.74) is 2.50. The average Bonchev–Trinajstić information content (AvgIpc) is 3.27. The molecule has 0 bridgehead atoms. The number of benzene rings is 4. The number of aromatic nitrogens is 3. The molecular formula is C31H21N3O3. The van der Waals surface area contributed by atoms with Crippen LogP contribution in [0.5, 0.6) is 23.1 Å². The number of hydrogen-bond acceptors (Lipinski definition) is 5. The summed E-state index contributed by atoms with van der Waals surface area (Å²) >= 11 is 0. The molecule has 0 aliphatic heterocycles. The highest BCUT2D eigenvalue weighted by atomic mass is 16.5. The zero-order valence-corrected chi connectivity index (χ0v) is 19.9. The lowest BCUT2D eigenvalue weighted by molar-refractivity contribution is 0.414. The first kappa shape index (κ1) is 21.2. The molecule has 0 unspecified atom stereocenters. The minimum atomic E-state index is 0.124. The summed E-state index contributed by atoms with van der Waals surface area (Å²) in [7, 11) is 1.65. The van der Waals surface area contributed by atoms with E-state index in [-0.39, 0.29) is 5.75 Å². The van der Waals surface area contributed by atoms with Crippen molar-refractivity contribution in [2.24, 2.45) is 0 Å². The molecule has 0 aliphatic rings. The molecule has 0 atom stereocenters. The zero-order chi connectivity index (χ0) is 24.9. The number of nitrogens with zero attached hydrogens (tertiary/aromatic N) is 3. The second-order valence-corrected chi connectivity index (χ2v) is 8.85. The number of hydrogen-bond donors (Lipinski definition) is 1. The fourth-order valence-electron chi connectivity index (χ4n) is 5.02. The van der Waals surface area contributed by atoms with Crippen LogP contribution in [0.2, 0.25) is 0 Å². The highest BCUT2D eigenvalue weighted by Gasteiger charge is 2.15. The minimum Gasteiger partial charge on any atom is -0.506 e. The van der Waals surface area contributed by atoms with Crippen LogP contribution in [-0.4, -0.2) is 26.8 Å². The maximum absolute atomic E-state index is 10.6. The number of pyridine rings is 2. The number of phenols is 1. The molecule has 0 saturated heterocycles. The van der Waals surface area contributed by atoms with Gasteiger partial charge in [-0.3, -0.25) is 4.57 Å². The van der Waals surface area contributed by atoms with Gasteiger partial charge in [0.15, 0.2) is 0 Å². The molecule has 4 aromatic carbocycles. The second-order valence-electron chi connectivity index (χ2n) is 8.85. The van der Waals surface area contributed by atoms with Crippen molar-refractivity contribution in [3.8, 4) is 28.9 Å². The Labute approximate surface area is 212 Å². The van der Waals surface area contributed by atoms with Crippen LogP contribution in [0.25, 0.3) is 49.3 Å². The summed E-state index contributed by atoms with van der Waals surface area (Å²) in [5, 5.41) is 15.7. The van der Waals surface area contributed by atoms with Crippen molar-refractivity contribution < 1.29 is 14.6 Å². The molecule has 0 fully saturated rings. The smallest absolute Gasteiger partial charge is 0.219 e. The topological polar surface area (TPSA) is 69.4 Å². The Morgan fingerprint density at radius 3 is 2.38 bits per heavy atom. The average molecular weight is 484 g/mol. The van der Waals surface area contributed by atoms with Crippen molar-refractivity contribution in [2.45, 2.75) is 0 Å². The third-order valence-corrected chi connectivity index (χ3v) is 6.70. The Kier molecular flexibility index (Phi) is 4.72. The quantitative estimate of drug-likeness (QED) is 0.264. The fraction of sp³-hybridized carbons (Fsp3) is 0.0323. The molecule has 1 N–H and O–H groups in total. The molecule has 7 aromatic rings. The van der Waals surface area contributed by atoms with Crippen LogP contribution in [-0.2, 0) is 0 Å². The van der Waals surface area contributed by atoms with Crippen LogP contribution in [0.4, 0.5) is 0 Å². The molecule has 0 amide bonds. The van der Waals surface area contributed by atoms with E-state index in [0.29, 0.717) is 17.1 Å². The van der Waals surface area contributed by atoms with Crippen LogP contribution in [0.15, 0.2) is 103 Å². The van der Waals surface area contributed by atoms with Crippen molar-refractivity contribution in [3.63, 3.8) is 0 Å². The monoisotopic (exact) mass is 483 g/mol. The Bertz CT molecular complexity index is 1980. The number of methoxy groups -OCH3 is 1. The van der Waals surface area contributed by atoms with E-state index in [1.807, 2.05) is 72.8 Å². The third kappa shape index (κ3) is 3.42. The number of para-hydroxylation sites is 1. The first-order valence-electron chi connectivity index (χ1n) is 11.9. The lowest BCUT2D eigenvalue weighted by Crippen LogP contribution is -1.98. The normalized spacial score (nSPS) is 11.5. The maximum atomic E-state index is 10.6. The standard InChI is InChI=1S/C31H21N3O3/c1-36-20-14-15-32-29(18-20)34-26-9-5-4-8-23(26)24-11-10-21(17-27(24)34)37-30-13-12-25-22-7-3-2-6-19(22)16-28(35)31(25)33-30/h2-18,35H,1H3. The Morgan fingerprint density at radius 2 is 1.49 bits per heavy atom. The van der Waals surface area contributed by atoms with Gasteiger partial charge in [0.1, 0.15) is 28.6 Å².